The van der Waals surface area contributed by atoms with Gasteiger partial charge < -0.3 is 0 Å². The quantitative estimate of drug-likeness (QED) is 0.241. The molecule has 1 N–H and O–H groups in total. The van der Waals surface area contributed by atoms with E-state index in [1.54, 1.807) is 0 Å². The number of aromatic nitrogens is 2. The highest BCUT2D eigenvalue weighted by molar-refractivity contribution is 8.03. The topological polar surface area (TPSA) is 67.2 Å². The number of benzene rings is 2. The van der Waals surface area contributed by atoms with Crippen molar-refractivity contribution in [2.75, 3.05) is 5.75 Å². The molecule has 5 nitrogen and oxygen atoms in total. The Kier molecular flexibility index (Phi) is 8.35. The molecule has 0 saturated carbocycles. The van der Waals surface area contributed by atoms with Crippen molar-refractivity contribution in [2.24, 2.45) is 5.10 Å². The Morgan fingerprint density at radius 3 is 2.48 bits per heavy atom. The first-order valence-electron chi connectivity index (χ1n) is 8.63. The standard InChI is InChI=1S/C19H14ClF3N4OS3/c20-14-7-5-12(6-8-14)10-29-17-26-27-18(31-17)30-11-16(28)25-24-9-13-3-1-2-4-15(13)19(21,22)23/h1-9H,10-11H2,(H,25,28)/b24-9+. The SMILES string of the molecule is O=C(CSc1nnc(SCc2ccc(Cl)cc2)s1)N/N=C/c1ccccc1C(F)(F)F. The lowest BCUT2D eigenvalue weighted by Gasteiger charge is -2.09. The van der Waals surface area contributed by atoms with Gasteiger partial charge in [0.15, 0.2) is 8.68 Å². The maximum Gasteiger partial charge on any atom is 0.417 e. The predicted octanol–water partition coefficient (Wildman–Crippen LogP) is 5.75. The molecule has 1 aromatic heterocycles. The van der Waals surface area contributed by atoms with Gasteiger partial charge in [0.25, 0.3) is 5.91 Å². The van der Waals surface area contributed by atoms with Crippen LogP contribution in [0.5, 0.6) is 0 Å². The first kappa shape index (κ1) is 23.6. The van der Waals surface area contributed by atoms with Gasteiger partial charge >= 0.3 is 6.18 Å². The van der Waals surface area contributed by atoms with E-state index in [1.807, 2.05) is 24.3 Å². The van der Waals surface area contributed by atoms with Crippen LogP contribution in [-0.4, -0.2) is 28.1 Å². The molecule has 0 bridgehead atoms. The Hall–Kier alpha value is -2.08. The number of alkyl halides is 3. The molecule has 3 aromatic rings. The molecule has 0 aliphatic rings. The molecule has 0 spiro atoms. The second kappa shape index (κ2) is 11.0. The second-order valence-corrected chi connectivity index (χ2v) is 9.77. The van der Waals surface area contributed by atoms with Gasteiger partial charge in [-0.3, -0.25) is 4.79 Å². The maximum absolute atomic E-state index is 12.9. The molecule has 1 heterocycles. The number of carbonyl (C=O) groups is 1. The van der Waals surface area contributed by atoms with Crippen molar-refractivity contribution in [3.8, 4) is 0 Å². The van der Waals surface area contributed by atoms with E-state index in [0.717, 1.165) is 22.2 Å². The largest absolute Gasteiger partial charge is 0.417 e. The van der Waals surface area contributed by atoms with Crippen molar-refractivity contribution in [1.82, 2.24) is 15.6 Å². The predicted molar refractivity (Wildman–Crippen MR) is 119 cm³/mol. The molecular weight excluding hydrogens is 489 g/mol. The smallest absolute Gasteiger partial charge is 0.272 e. The summed E-state index contributed by atoms with van der Waals surface area (Å²) in [6.45, 7) is 0. The van der Waals surface area contributed by atoms with Gasteiger partial charge in [-0.15, -0.1) is 10.2 Å². The summed E-state index contributed by atoms with van der Waals surface area (Å²) in [7, 11) is 0. The zero-order valence-electron chi connectivity index (χ0n) is 15.6. The molecule has 0 atom stereocenters. The Bertz CT molecular complexity index is 1060. The molecule has 0 aliphatic heterocycles. The molecule has 0 aliphatic carbocycles. The summed E-state index contributed by atoms with van der Waals surface area (Å²) in [5.41, 5.74) is 2.37. The number of hydrogen-bond donors (Lipinski definition) is 1. The number of thioether (sulfide) groups is 2. The summed E-state index contributed by atoms with van der Waals surface area (Å²) in [6, 6.07) is 12.5. The summed E-state index contributed by atoms with van der Waals surface area (Å²) in [5.74, 6) is 0.260. The number of hydrogen-bond acceptors (Lipinski definition) is 7. The Morgan fingerprint density at radius 2 is 1.77 bits per heavy atom. The van der Waals surface area contributed by atoms with Gasteiger partial charge in [-0.05, 0) is 23.8 Å². The van der Waals surface area contributed by atoms with Crippen LogP contribution in [0.1, 0.15) is 16.7 Å². The van der Waals surface area contributed by atoms with Crippen molar-refractivity contribution in [3.63, 3.8) is 0 Å². The highest BCUT2D eigenvalue weighted by Gasteiger charge is 2.32. The minimum atomic E-state index is -4.50. The number of amides is 1. The van der Waals surface area contributed by atoms with E-state index >= 15 is 0 Å². The number of nitrogens with zero attached hydrogens (tertiary/aromatic N) is 3. The minimum Gasteiger partial charge on any atom is -0.272 e. The lowest BCUT2D eigenvalue weighted by atomic mass is 10.1. The first-order valence-corrected chi connectivity index (χ1v) is 11.8. The molecule has 2 aromatic carbocycles. The number of rotatable bonds is 8. The monoisotopic (exact) mass is 502 g/mol. The van der Waals surface area contributed by atoms with Crippen LogP contribution in [0.2, 0.25) is 5.02 Å². The van der Waals surface area contributed by atoms with Crippen LogP contribution in [0.15, 0.2) is 62.3 Å². The van der Waals surface area contributed by atoms with E-state index < -0.39 is 17.6 Å². The summed E-state index contributed by atoms with van der Waals surface area (Å²) in [5, 5.41) is 12.4. The molecule has 1 amide bonds. The summed E-state index contributed by atoms with van der Waals surface area (Å²) in [6.07, 6.45) is -3.52. The fourth-order valence-electron chi connectivity index (χ4n) is 2.24. The lowest BCUT2D eigenvalue weighted by Crippen LogP contribution is -2.20. The number of carbonyl (C=O) groups excluding carboxylic acids is 1. The molecule has 162 valence electrons. The highest BCUT2D eigenvalue weighted by Crippen LogP contribution is 2.32. The van der Waals surface area contributed by atoms with Crippen LogP contribution in [0.4, 0.5) is 13.2 Å². The Balaban J connectivity index is 1.45. The molecular formula is C19H14ClF3N4OS3. The van der Waals surface area contributed by atoms with Gasteiger partial charge in [0.2, 0.25) is 0 Å². The zero-order chi connectivity index (χ0) is 22.3. The zero-order valence-corrected chi connectivity index (χ0v) is 18.8. The van der Waals surface area contributed by atoms with Gasteiger partial charge in [0.1, 0.15) is 0 Å². The van der Waals surface area contributed by atoms with Gasteiger partial charge in [-0.2, -0.15) is 18.3 Å². The minimum absolute atomic E-state index is 0.00867. The summed E-state index contributed by atoms with van der Waals surface area (Å²) < 4.78 is 40.2. The number of nitrogens with one attached hydrogen (secondary N) is 1. The van der Waals surface area contributed by atoms with Crippen molar-refractivity contribution >= 4 is 58.6 Å². The van der Waals surface area contributed by atoms with E-state index in [0.29, 0.717) is 15.1 Å². The first-order chi connectivity index (χ1) is 14.8. The fourth-order valence-corrected chi connectivity index (χ4v) is 5.13. The fraction of sp³-hybridized carbons (Fsp3) is 0.158. The van der Waals surface area contributed by atoms with Gasteiger partial charge in [-0.25, -0.2) is 5.43 Å². The molecule has 0 fully saturated rings. The van der Waals surface area contributed by atoms with Crippen LogP contribution in [0, 0.1) is 0 Å². The van der Waals surface area contributed by atoms with Crippen LogP contribution >= 0.6 is 46.5 Å². The van der Waals surface area contributed by atoms with Crippen molar-refractivity contribution in [3.05, 3.63) is 70.2 Å². The summed E-state index contributed by atoms with van der Waals surface area (Å²) in [4.78, 5) is 11.9. The molecule has 0 saturated heterocycles. The third-order valence-electron chi connectivity index (χ3n) is 3.65. The molecule has 31 heavy (non-hydrogen) atoms. The molecule has 0 unspecified atom stereocenters. The molecule has 0 radical (unpaired) electrons. The third kappa shape index (κ3) is 7.53. The van der Waals surface area contributed by atoms with Crippen molar-refractivity contribution < 1.29 is 18.0 Å². The van der Waals surface area contributed by atoms with Gasteiger partial charge in [0, 0.05) is 16.3 Å². The number of hydrazone groups is 1. The average Bonchev–Trinajstić information content (AvgIpc) is 3.19. The third-order valence-corrected chi connectivity index (χ3v) is 7.16. The molecule has 12 heteroatoms. The van der Waals surface area contributed by atoms with Crippen LogP contribution in [0.25, 0.3) is 0 Å². The van der Waals surface area contributed by atoms with Crippen LogP contribution in [0.3, 0.4) is 0 Å². The van der Waals surface area contributed by atoms with E-state index in [2.05, 4.69) is 20.7 Å². The van der Waals surface area contributed by atoms with Crippen LogP contribution < -0.4 is 5.43 Å². The maximum atomic E-state index is 12.9. The van der Waals surface area contributed by atoms with Gasteiger partial charge in [-0.1, -0.05) is 76.8 Å². The van der Waals surface area contributed by atoms with Crippen molar-refractivity contribution in [1.29, 1.82) is 0 Å². The van der Waals surface area contributed by atoms with E-state index in [9.17, 15) is 18.0 Å². The van der Waals surface area contributed by atoms with Crippen LogP contribution in [-0.2, 0) is 16.7 Å². The average molecular weight is 503 g/mol. The molecule has 3 rings (SSSR count). The lowest BCUT2D eigenvalue weighted by molar-refractivity contribution is -0.137. The summed E-state index contributed by atoms with van der Waals surface area (Å²) >= 11 is 9.92. The van der Waals surface area contributed by atoms with E-state index in [-0.39, 0.29) is 11.3 Å². The normalized spacial score (nSPS) is 11.7. The highest BCUT2D eigenvalue weighted by atomic mass is 35.5. The Morgan fingerprint density at radius 1 is 1.10 bits per heavy atom. The van der Waals surface area contributed by atoms with E-state index in [4.69, 9.17) is 11.6 Å². The Labute approximate surface area is 193 Å². The van der Waals surface area contributed by atoms with E-state index in [1.165, 1.54) is 53.1 Å². The van der Waals surface area contributed by atoms with Crippen molar-refractivity contribution in [2.45, 2.75) is 20.6 Å². The number of halogens is 4. The van der Waals surface area contributed by atoms with Gasteiger partial charge in [0.05, 0.1) is 17.5 Å². The second-order valence-electron chi connectivity index (χ2n) is 5.92.